The number of thioether (sulfide) groups is 1. The number of aliphatic imine (C=N–C) groups is 1. The molecule has 2 aliphatic rings. The zero-order valence-electron chi connectivity index (χ0n) is 16.4. The molecule has 0 saturated carbocycles. The molecule has 0 fully saturated rings. The third kappa shape index (κ3) is 6.63. The summed E-state index contributed by atoms with van der Waals surface area (Å²) in [7, 11) is 0. The van der Waals surface area contributed by atoms with Crippen LogP contribution in [0.4, 0.5) is 17.6 Å². The van der Waals surface area contributed by atoms with E-state index in [0.717, 1.165) is 18.4 Å². The van der Waals surface area contributed by atoms with Gasteiger partial charge in [0.2, 0.25) is 0 Å². The molecule has 0 bridgehead atoms. The number of allylic oxidation sites excluding steroid dienone is 4. The summed E-state index contributed by atoms with van der Waals surface area (Å²) in [5, 5.41) is 6.88. The molecule has 2 rings (SSSR count). The van der Waals surface area contributed by atoms with Crippen LogP contribution < -0.4 is 0 Å². The van der Waals surface area contributed by atoms with Crippen molar-refractivity contribution in [2.75, 3.05) is 13.2 Å². The van der Waals surface area contributed by atoms with E-state index in [4.69, 9.17) is 4.74 Å². The lowest BCUT2D eigenvalue weighted by molar-refractivity contribution is 0.0429. The smallest absolute Gasteiger partial charge is 0.301 e. The highest BCUT2D eigenvalue weighted by molar-refractivity contribution is 8.04. The van der Waals surface area contributed by atoms with Crippen molar-refractivity contribution in [2.45, 2.75) is 57.3 Å². The lowest BCUT2D eigenvalue weighted by Gasteiger charge is -2.30. The second kappa shape index (κ2) is 10.9. The molecule has 1 atom stereocenters. The molecule has 3 nitrogen and oxygen atoms in total. The first-order valence-electron chi connectivity index (χ1n) is 9.55. The number of aliphatic hydroxyl groups excluding tert-OH is 1. The number of hydrogen-bond donors (Lipinski definition) is 1. The highest BCUT2D eigenvalue weighted by Crippen LogP contribution is 2.49. The summed E-state index contributed by atoms with van der Waals surface area (Å²) in [6.07, 6.45) is 2.98. The predicted octanol–water partition coefficient (Wildman–Crippen LogP) is 5.80. The van der Waals surface area contributed by atoms with E-state index < -0.39 is 29.8 Å². The zero-order chi connectivity index (χ0) is 21.4. The van der Waals surface area contributed by atoms with Crippen molar-refractivity contribution in [2.24, 2.45) is 4.99 Å². The van der Waals surface area contributed by atoms with Gasteiger partial charge in [-0.25, -0.2) is 8.78 Å². The molecule has 29 heavy (non-hydrogen) atoms. The Morgan fingerprint density at radius 3 is 2.83 bits per heavy atom. The van der Waals surface area contributed by atoms with E-state index >= 15 is 0 Å². The van der Waals surface area contributed by atoms with Gasteiger partial charge in [0.25, 0.3) is 6.43 Å². The van der Waals surface area contributed by atoms with Crippen LogP contribution in [-0.4, -0.2) is 42.3 Å². The number of halogens is 4. The van der Waals surface area contributed by atoms with Crippen LogP contribution in [0, 0.1) is 0 Å². The van der Waals surface area contributed by atoms with Gasteiger partial charge in [-0.15, -0.1) is 5.73 Å². The molecule has 0 saturated heterocycles. The van der Waals surface area contributed by atoms with E-state index in [0.29, 0.717) is 13.0 Å². The molecule has 8 heteroatoms. The van der Waals surface area contributed by atoms with Crippen molar-refractivity contribution < 1.29 is 27.4 Å². The summed E-state index contributed by atoms with van der Waals surface area (Å²) in [5.41, 5.74) is 2.97. The Morgan fingerprint density at radius 2 is 2.17 bits per heavy atom. The van der Waals surface area contributed by atoms with Crippen molar-refractivity contribution in [1.29, 1.82) is 0 Å². The quantitative estimate of drug-likeness (QED) is 0.217. The van der Waals surface area contributed by atoms with Crippen LogP contribution in [0.1, 0.15) is 39.5 Å². The third-order valence-electron chi connectivity index (χ3n) is 4.31. The van der Waals surface area contributed by atoms with Crippen molar-refractivity contribution in [3.8, 4) is 0 Å². The van der Waals surface area contributed by atoms with E-state index in [2.05, 4.69) is 16.8 Å². The van der Waals surface area contributed by atoms with Crippen LogP contribution in [0.25, 0.3) is 0 Å². The lowest BCUT2D eigenvalue weighted by Crippen LogP contribution is -2.30. The minimum atomic E-state index is -3.23. The van der Waals surface area contributed by atoms with Gasteiger partial charge in [-0.2, -0.15) is 8.78 Å². The van der Waals surface area contributed by atoms with Crippen LogP contribution in [0.3, 0.4) is 0 Å². The Bertz CT molecular complexity index is 778. The van der Waals surface area contributed by atoms with Gasteiger partial charge >= 0.3 is 5.25 Å². The summed E-state index contributed by atoms with van der Waals surface area (Å²) in [6, 6.07) is 0. The van der Waals surface area contributed by atoms with E-state index in [9.17, 15) is 22.7 Å². The minimum absolute atomic E-state index is 0.113. The van der Waals surface area contributed by atoms with Gasteiger partial charge in [0.1, 0.15) is 5.76 Å². The molecule has 0 aromatic carbocycles. The molecule has 0 aromatic heterocycles. The summed E-state index contributed by atoms with van der Waals surface area (Å²) in [4.78, 5) is 4.19. The summed E-state index contributed by atoms with van der Waals surface area (Å²) < 4.78 is 60.4. The molecule has 1 heterocycles. The highest BCUT2D eigenvalue weighted by atomic mass is 32.2. The first-order chi connectivity index (χ1) is 13.8. The maximum absolute atomic E-state index is 13.7. The maximum atomic E-state index is 13.7. The van der Waals surface area contributed by atoms with Gasteiger partial charge in [-0.1, -0.05) is 31.7 Å². The van der Waals surface area contributed by atoms with E-state index in [-0.39, 0.29) is 34.6 Å². The molecule has 0 aromatic rings. The van der Waals surface area contributed by atoms with Crippen LogP contribution in [-0.2, 0) is 4.74 Å². The van der Waals surface area contributed by atoms with Crippen molar-refractivity contribution in [3.63, 3.8) is 0 Å². The average Bonchev–Trinajstić information content (AvgIpc) is 2.82. The van der Waals surface area contributed by atoms with Crippen LogP contribution in [0.15, 0.2) is 56.3 Å². The normalized spacial score (nSPS) is 21.9. The zero-order valence-corrected chi connectivity index (χ0v) is 17.2. The second-order valence-electron chi connectivity index (χ2n) is 6.55. The highest BCUT2D eigenvalue weighted by Gasteiger charge is 2.44. The fourth-order valence-corrected chi connectivity index (χ4v) is 4.03. The van der Waals surface area contributed by atoms with Crippen molar-refractivity contribution in [3.05, 3.63) is 51.3 Å². The molecular formula is C21H25F4NO2S. The van der Waals surface area contributed by atoms with Gasteiger partial charge in [-0.3, -0.25) is 4.99 Å². The molecule has 0 amide bonds. The number of ether oxygens (including phenoxy) is 1. The Labute approximate surface area is 172 Å². The molecule has 160 valence electrons. The van der Waals surface area contributed by atoms with Gasteiger partial charge in [-0.05, 0) is 24.5 Å². The maximum Gasteiger partial charge on any atom is 0.301 e. The monoisotopic (exact) mass is 431 g/mol. The molecule has 1 unspecified atom stereocenters. The number of nitrogens with zero attached hydrogens (tertiary/aromatic N) is 1. The summed E-state index contributed by atoms with van der Waals surface area (Å²) in [5.74, 6) is -0.157. The van der Waals surface area contributed by atoms with Crippen molar-refractivity contribution in [1.82, 2.24) is 0 Å². The second-order valence-corrected chi connectivity index (χ2v) is 7.79. The van der Waals surface area contributed by atoms with E-state index in [1.807, 2.05) is 13.8 Å². The Hall–Kier alpha value is -1.76. The average molecular weight is 431 g/mol. The van der Waals surface area contributed by atoms with Gasteiger partial charge in [0.05, 0.1) is 24.7 Å². The van der Waals surface area contributed by atoms with Crippen LogP contribution >= 0.6 is 11.8 Å². The Kier molecular flexibility index (Phi) is 8.80. The lowest BCUT2D eigenvalue weighted by atomic mass is 9.96. The van der Waals surface area contributed by atoms with Gasteiger partial charge in [0, 0.05) is 35.7 Å². The number of hydrogen-bond acceptors (Lipinski definition) is 4. The van der Waals surface area contributed by atoms with Crippen molar-refractivity contribution >= 4 is 18.0 Å². The topological polar surface area (TPSA) is 41.8 Å². The largest absolute Gasteiger partial charge is 0.492 e. The number of rotatable bonds is 9. The van der Waals surface area contributed by atoms with Gasteiger partial charge < -0.3 is 9.84 Å². The first kappa shape index (κ1) is 23.5. The fraction of sp³-hybridized carbons (Fsp3) is 0.524. The molecular weight excluding hydrogens is 406 g/mol. The molecule has 1 aliphatic heterocycles. The van der Waals surface area contributed by atoms with E-state index in [1.165, 1.54) is 12.2 Å². The third-order valence-corrected chi connectivity index (χ3v) is 5.34. The van der Waals surface area contributed by atoms with Crippen LogP contribution in [0.5, 0.6) is 0 Å². The molecule has 1 aliphatic carbocycles. The minimum Gasteiger partial charge on any atom is -0.492 e. The van der Waals surface area contributed by atoms with Gasteiger partial charge in [0.15, 0.2) is 0 Å². The number of aliphatic hydroxyl groups is 1. The predicted molar refractivity (Wildman–Crippen MR) is 108 cm³/mol. The molecule has 1 N–H and O–H groups in total. The summed E-state index contributed by atoms with van der Waals surface area (Å²) in [6.45, 7) is 4.68. The standard InChI is InChI=1S/C21H25F4NO2S/c1-3-7-14(4-2)13-26-10-6-11-28-16-8-5-9-17-18(19(16)20(22)23)15(27)12-21(24,25)29-17/h7-9,13,15,20,27H,3-4,6,10-12H2,1-2H3/b14-7-,26-13?. The Morgan fingerprint density at radius 1 is 1.41 bits per heavy atom. The van der Waals surface area contributed by atoms with Crippen LogP contribution in [0.2, 0.25) is 0 Å². The Balaban J connectivity index is 2.10. The first-order valence-corrected chi connectivity index (χ1v) is 10.4. The SMILES string of the molecule is CC/C=C(\C=NCCCOC1=C(C(F)F)C2=C(C=C=C1)SC(F)(F)CC2O)CC. The molecule has 0 spiro atoms. The van der Waals surface area contributed by atoms with E-state index in [1.54, 1.807) is 6.21 Å². The summed E-state index contributed by atoms with van der Waals surface area (Å²) >= 11 is 0.157. The molecule has 0 radical (unpaired) electrons. The number of alkyl halides is 4. The fourth-order valence-electron chi connectivity index (χ4n) is 2.99.